The average molecular weight is 358 g/mol. The smallest absolute Gasteiger partial charge is 0.234 e. The number of ether oxygens (including phenoxy) is 2. The van der Waals surface area contributed by atoms with E-state index in [0.29, 0.717) is 18.0 Å². The highest BCUT2D eigenvalue weighted by atomic mass is 16.5. The van der Waals surface area contributed by atoms with Crippen molar-refractivity contribution in [1.82, 2.24) is 20.2 Å². The molecule has 1 aromatic heterocycles. The zero-order chi connectivity index (χ0) is 18.5. The lowest BCUT2D eigenvalue weighted by atomic mass is 10.0. The maximum Gasteiger partial charge on any atom is 0.234 e. The second kappa shape index (κ2) is 8.23. The second-order valence-electron chi connectivity index (χ2n) is 6.62. The van der Waals surface area contributed by atoms with Gasteiger partial charge in [-0.15, -0.1) is 0 Å². The fourth-order valence-electron chi connectivity index (χ4n) is 2.87. The molecule has 3 rings (SSSR count). The van der Waals surface area contributed by atoms with Gasteiger partial charge in [0.15, 0.2) is 0 Å². The van der Waals surface area contributed by atoms with Gasteiger partial charge in [-0.25, -0.2) is 4.98 Å². The quantitative estimate of drug-likeness (QED) is 0.713. The van der Waals surface area contributed by atoms with Gasteiger partial charge in [0.25, 0.3) is 0 Å². The molecular weight excluding hydrogens is 332 g/mol. The van der Waals surface area contributed by atoms with E-state index in [1.165, 1.54) is 12.8 Å². The number of rotatable bonds is 9. The summed E-state index contributed by atoms with van der Waals surface area (Å²) in [5.41, 5.74) is 0.853. The number of nitrogens with zero attached hydrogens (tertiary/aromatic N) is 2. The third-order valence-corrected chi connectivity index (χ3v) is 4.54. The van der Waals surface area contributed by atoms with Gasteiger partial charge < -0.3 is 24.7 Å². The van der Waals surface area contributed by atoms with Crippen LogP contribution in [-0.2, 0) is 11.8 Å². The van der Waals surface area contributed by atoms with Crippen molar-refractivity contribution in [3.05, 3.63) is 42.0 Å². The molecule has 1 saturated carbocycles. The third-order valence-electron chi connectivity index (χ3n) is 4.54. The number of benzene rings is 1. The van der Waals surface area contributed by atoms with Crippen LogP contribution in [0.5, 0.6) is 11.5 Å². The molecule has 1 aliphatic carbocycles. The SMILES string of the molecule is COc1cc(OC)cc(C(NC(=O)CNCC2CC2)c2nccn2C)c1. The molecule has 0 radical (unpaired) electrons. The summed E-state index contributed by atoms with van der Waals surface area (Å²) < 4.78 is 12.6. The van der Waals surface area contributed by atoms with Crippen molar-refractivity contribution in [2.45, 2.75) is 18.9 Å². The van der Waals surface area contributed by atoms with Crippen molar-refractivity contribution in [2.24, 2.45) is 13.0 Å². The van der Waals surface area contributed by atoms with E-state index in [1.54, 1.807) is 26.5 Å². The van der Waals surface area contributed by atoms with Gasteiger partial charge in [-0.05, 0) is 43.0 Å². The first kappa shape index (κ1) is 18.3. The van der Waals surface area contributed by atoms with E-state index >= 15 is 0 Å². The fourth-order valence-corrected chi connectivity index (χ4v) is 2.87. The number of aromatic nitrogens is 2. The van der Waals surface area contributed by atoms with E-state index in [4.69, 9.17) is 9.47 Å². The molecule has 0 saturated heterocycles. The summed E-state index contributed by atoms with van der Waals surface area (Å²) in [6, 6.07) is 5.19. The molecule has 1 fully saturated rings. The van der Waals surface area contributed by atoms with E-state index in [9.17, 15) is 4.79 Å². The van der Waals surface area contributed by atoms with Crippen LogP contribution in [0.3, 0.4) is 0 Å². The Morgan fingerprint density at radius 2 is 1.96 bits per heavy atom. The molecular formula is C19H26N4O3. The Morgan fingerprint density at radius 1 is 1.27 bits per heavy atom. The van der Waals surface area contributed by atoms with Gasteiger partial charge in [-0.1, -0.05) is 0 Å². The zero-order valence-corrected chi connectivity index (χ0v) is 15.5. The number of aryl methyl sites for hydroxylation is 1. The number of nitrogens with one attached hydrogen (secondary N) is 2. The number of hydrogen-bond donors (Lipinski definition) is 2. The van der Waals surface area contributed by atoms with Crippen LogP contribution in [0.1, 0.15) is 30.3 Å². The Hall–Kier alpha value is -2.54. The number of carbonyl (C=O) groups excluding carboxylic acids is 1. The van der Waals surface area contributed by atoms with E-state index in [2.05, 4.69) is 15.6 Å². The van der Waals surface area contributed by atoms with Crippen molar-refractivity contribution in [3.8, 4) is 11.5 Å². The molecule has 1 atom stereocenters. The minimum Gasteiger partial charge on any atom is -0.497 e. The lowest BCUT2D eigenvalue weighted by Crippen LogP contribution is -2.38. The fraction of sp³-hybridized carbons (Fsp3) is 0.474. The molecule has 26 heavy (non-hydrogen) atoms. The van der Waals surface area contributed by atoms with Gasteiger partial charge in [0.1, 0.15) is 23.4 Å². The van der Waals surface area contributed by atoms with Crippen LogP contribution < -0.4 is 20.1 Å². The Bertz CT molecular complexity index is 733. The minimum absolute atomic E-state index is 0.0690. The summed E-state index contributed by atoms with van der Waals surface area (Å²) >= 11 is 0. The molecule has 0 spiro atoms. The van der Waals surface area contributed by atoms with E-state index in [1.807, 2.05) is 29.9 Å². The van der Waals surface area contributed by atoms with E-state index in [0.717, 1.165) is 23.9 Å². The van der Waals surface area contributed by atoms with E-state index < -0.39 is 6.04 Å². The Labute approximate surface area is 153 Å². The molecule has 0 aliphatic heterocycles. The van der Waals surface area contributed by atoms with Crippen molar-refractivity contribution >= 4 is 5.91 Å². The predicted octanol–water partition coefficient (Wildman–Crippen LogP) is 1.64. The lowest BCUT2D eigenvalue weighted by molar-refractivity contribution is -0.120. The average Bonchev–Trinajstić information content (AvgIpc) is 3.38. The molecule has 7 heteroatoms. The first-order valence-corrected chi connectivity index (χ1v) is 8.81. The summed E-state index contributed by atoms with van der Waals surface area (Å²) in [5, 5.41) is 6.30. The second-order valence-corrected chi connectivity index (χ2v) is 6.62. The molecule has 1 aliphatic rings. The Kier molecular flexibility index (Phi) is 5.78. The summed E-state index contributed by atoms with van der Waals surface area (Å²) in [6.07, 6.45) is 6.09. The summed E-state index contributed by atoms with van der Waals surface area (Å²) in [4.78, 5) is 16.9. The molecule has 7 nitrogen and oxygen atoms in total. The van der Waals surface area contributed by atoms with Gasteiger partial charge in [0.2, 0.25) is 5.91 Å². The molecule has 2 aromatic rings. The minimum atomic E-state index is -0.394. The maximum absolute atomic E-state index is 12.5. The third kappa shape index (κ3) is 4.54. The molecule has 1 unspecified atom stereocenters. The first-order chi connectivity index (χ1) is 12.6. The Morgan fingerprint density at radius 3 is 2.50 bits per heavy atom. The topological polar surface area (TPSA) is 77.4 Å². The standard InChI is InChI=1S/C19H26N4O3/c1-23-7-6-21-19(23)18(22-17(24)12-20-11-13-4-5-13)14-8-15(25-2)10-16(9-14)26-3/h6-10,13,18,20H,4-5,11-12H2,1-3H3,(H,22,24). The van der Waals surface area contributed by atoms with Crippen LogP contribution in [0, 0.1) is 5.92 Å². The van der Waals surface area contributed by atoms with E-state index in [-0.39, 0.29) is 5.91 Å². The van der Waals surface area contributed by atoms with Gasteiger partial charge in [-0.2, -0.15) is 0 Å². The Balaban J connectivity index is 1.81. The molecule has 1 amide bonds. The van der Waals surface area contributed by atoms with Crippen molar-refractivity contribution < 1.29 is 14.3 Å². The molecule has 140 valence electrons. The lowest BCUT2D eigenvalue weighted by Gasteiger charge is -2.20. The normalized spacial score (nSPS) is 14.7. The summed E-state index contributed by atoms with van der Waals surface area (Å²) in [5.74, 6) is 2.74. The number of carbonyl (C=O) groups is 1. The highest BCUT2D eigenvalue weighted by Crippen LogP contribution is 2.29. The van der Waals surface area contributed by atoms with Gasteiger partial charge in [0, 0.05) is 25.5 Å². The monoisotopic (exact) mass is 358 g/mol. The number of imidazole rings is 1. The zero-order valence-electron chi connectivity index (χ0n) is 15.5. The van der Waals surface area contributed by atoms with Crippen molar-refractivity contribution in [2.75, 3.05) is 27.3 Å². The van der Waals surface area contributed by atoms with Crippen LogP contribution in [0.15, 0.2) is 30.6 Å². The largest absolute Gasteiger partial charge is 0.497 e. The summed E-state index contributed by atoms with van der Waals surface area (Å²) in [7, 11) is 5.12. The van der Waals surface area contributed by atoms with Crippen molar-refractivity contribution in [3.63, 3.8) is 0 Å². The first-order valence-electron chi connectivity index (χ1n) is 8.81. The molecule has 1 heterocycles. The maximum atomic E-state index is 12.5. The molecule has 0 bridgehead atoms. The van der Waals surface area contributed by atoms with Crippen LogP contribution in [0.4, 0.5) is 0 Å². The predicted molar refractivity (Wildman–Crippen MR) is 98.3 cm³/mol. The summed E-state index contributed by atoms with van der Waals surface area (Å²) in [6.45, 7) is 1.19. The van der Waals surface area contributed by atoms with Gasteiger partial charge in [0.05, 0.1) is 20.8 Å². The number of hydrogen-bond acceptors (Lipinski definition) is 5. The van der Waals surface area contributed by atoms with Crippen LogP contribution in [0.2, 0.25) is 0 Å². The number of methoxy groups -OCH3 is 2. The highest BCUT2D eigenvalue weighted by Gasteiger charge is 2.23. The highest BCUT2D eigenvalue weighted by molar-refractivity contribution is 5.79. The van der Waals surface area contributed by atoms with Gasteiger partial charge >= 0.3 is 0 Å². The van der Waals surface area contributed by atoms with Crippen LogP contribution >= 0.6 is 0 Å². The molecule has 1 aromatic carbocycles. The molecule has 2 N–H and O–H groups in total. The van der Waals surface area contributed by atoms with Crippen LogP contribution in [-0.4, -0.2) is 42.8 Å². The van der Waals surface area contributed by atoms with Crippen molar-refractivity contribution in [1.29, 1.82) is 0 Å². The van der Waals surface area contributed by atoms with Crippen LogP contribution in [0.25, 0.3) is 0 Å². The number of amides is 1. The van der Waals surface area contributed by atoms with Gasteiger partial charge in [-0.3, -0.25) is 4.79 Å².